The van der Waals surface area contributed by atoms with E-state index in [2.05, 4.69) is 0 Å². The number of phenolic OH excluding ortho intramolecular Hbond substituents is 3. The van der Waals surface area contributed by atoms with Gasteiger partial charge in [0.15, 0.2) is 11.6 Å². The Morgan fingerprint density at radius 3 is 1.42 bits per heavy atom. The maximum absolute atomic E-state index is 12.2. The largest absolute Gasteiger partial charge is 0.508 e. The van der Waals surface area contributed by atoms with Crippen LogP contribution in [-0.4, -0.2) is 26.9 Å². The van der Waals surface area contributed by atoms with Gasteiger partial charge in [-0.15, -0.1) is 0 Å². The standard InChI is InChI=1S/C14H8O4.C7H8O/c15-7-1-3-9-11(5-7)14(18)10-4-2-8(16)6-12(10)13(9)17;1-6-3-2-4-7(8)5-6/h1-6,15-16H;2-5,8H,1H3. The zero-order chi connectivity index (χ0) is 18.8. The van der Waals surface area contributed by atoms with Crippen LogP contribution in [0.5, 0.6) is 17.2 Å². The number of aryl methyl sites for hydroxylation is 1. The van der Waals surface area contributed by atoms with Gasteiger partial charge in [0.05, 0.1) is 0 Å². The van der Waals surface area contributed by atoms with Gasteiger partial charge in [-0.25, -0.2) is 0 Å². The summed E-state index contributed by atoms with van der Waals surface area (Å²) in [6.45, 7) is 1.94. The molecule has 4 rings (SSSR count). The molecule has 0 saturated heterocycles. The van der Waals surface area contributed by atoms with Crippen LogP contribution in [0.15, 0.2) is 60.7 Å². The van der Waals surface area contributed by atoms with Gasteiger partial charge in [0.2, 0.25) is 0 Å². The van der Waals surface area contributed by atoms with Gasteiger partial charge in [0, 0.05) is 22.3 Å². The van der Waals surface area contributed by atoms with E-state index >= 15 is 0 Å². The van der Waals surface area contributed by atoms with Crippen LogP contribution >= 0.6 is 0 Å². The smallest absolute Gasteiger partial charge is 0.194 e. The number of benzene rings is 3. The van der Waals surface area contributed by atoms with Crippen molar-refractivity contribution in [1.82, 2.24) is 0 Å². The molecular formula is C21H16O5. The number of carbonyl (C=O) groups is 2. The van der Waals surface area contributed by atoms with Gasteiger partial charge in [-0.2, -0.15) is 0 Å². The molecule has 1 aliphatic rings. The van der Waals surface area contributed by atoms with E-state index in [1.165, 1.54) is 36.4 Å². The minimum Gasteiger partial charge on any atom is -0.508 e. The van der Waals surface area contributed by atoms with Crippen LogP contribution in [0.25, 0.3) is 0 Å². The Morgan fingerprint density at radius 2 is 1.04 bits per heavy atom. The molecular weight excluding hydrogens is 332 g/mol. The second-order valence-corrected chi connectivity index (χ2v) is 5.96. The summed E-state index contributed by atoms with van der Waals surface area (Å²) >= 11 is 0. The molecule has 1 aliphatic carbocycles. The molecule has 0 heterocycles. The van der Waals surface area contributed by atoms with E-state index in [1.807, 2.05) is 19.1 Å². The van der Waals surface area contributed by atoms with E-state index in [4.69, 9.17) is 5.11 Å². The molecule has 5 heteroatoms. The van der Waals surface area contributed by atoms with Gasteiger partial charge >= 0.3 is 0 Å². The number of hydrogen-bond donors (Lipinski definition) is 3. The van der Waals surface area contributed by atoms with Crippen LogP contribution in [0.2, 0.25) is 0 Å². The Kier molecular flexibility index (Phi) is 4.45. The summed E-state index contributed by atoms with van der Waals surface area (Å²) in [4.78, 5) is 24.3. The first-order valence-corrected chi connectivity index (χ1v) is 7.88. The number of ketones is 2. The third-order valence-electron chi connectivity index (χ3n) is 3.99. The Labute approximate surface area is 149 Å². The van der Waals surface area contributed by atoms with E-state index < -0.39 is 0 Å². The van der Waals surface area contributed by atoms with E-state index in [9.17, 15) is 19.8 Å². The maximum Gasteiger partial charge on any atom is 0.194 e. The first kappa shape index (κ1) is 17.2. The Balaban J connectivity index is 0.000000206. The van der Waals surface area contributed by atoms with Crippen molar-refractivity contribution in [3.8, 4) is 17.2 Å². The number of phenols is 3. The van der Waals surface area contributed by atoms with Gasteiger partial charge < -0.3 is 15.3 Å². The summed E-state index contributed by atoms with van der Waals surface area (Å²) in [6, 6.07) is 15.3. The fraction of sp³-hybridized carbons (Fsp3) is 0.0476. The summed E-state index contributed by atoms with van der Waals surface area (Å²) in [5, 5.41) is 27.6. The molecule has 3 N–H and O–H groups in total. The topological polar surface area (TPSA) is 94.8 Å². The lowest BCUT2D eigenvalue weighted by Crippen LogP contribution is -2.20. The van der Waals surface area contributed by atoms with Crippen molar-refractivity contribution in [3.05, 3.63) is 88.5 Å². The molecule has 26 heavy (non-hydrogen) atoms. The third-order valence-corrected chi connectivity index (χ3v) is 3.99. The minimum atomic E-state index is -0.324. The summed E-state index contributed by atoms with van der Waals surface area (Å²) in [6.07, 6.45) is 0. The number of rotatable bonds is 0. The third kappa shape index (κ3) is 3.28. The van der Waals surface area contributed by atoms with E-state index in [1.54, 1.807) is 12.1 Å². The Bertz CT molecular complexity index is 942. The first-order valence-electron chi connectivity index (χ1n) is 7.88. The van der Waals surface area contributed by atoms with E-state index in [0.717, 1.165) is 5.56 Å². The van der Waals surface area contributed by atoms with Crippen LogP contribution in [0.3, 0.4) is 0 Å². The molecule has 0 saturated carbocycles. The summed E-state index contributed by atoms with van der Waals surface area (Å²) in [7, 11) is 0. The summed E-state index contributed by atoms with van der Waals surface area (Å²) < 4.78 is 0. The highest BCUT2D eigenvalue weighted by Crippen LogP contribution is 2.31. The molecule has 0 fully saturated rings. The van der Waals surface area contributed by atoms with Gasteiger partial charge in [0.1, 0.15) is 17.2 Å². The van der Waals surface area contributed by atoms with Crippen LogP contribution < -0.4 is 0 Å². The molecule has 0 amide bonds. The van der Waals surface area contributed by atoms with Crippen LogP contribution in [0.1, 0.15) is 37.4 Å². The highest BCUT2D eigenvalue weighted by molar-refractivity contribution is 6.28. The fourth-order valence-corrected chi connectivity index (χ4v) is 2.75. The average molecular weight is 348 g/mol. The molecule has 5 nitrogen and oxygen atoms in total. The van der Waals surface area contributed by atoms with Gasteiger partial charge in [0.25, 0.3) is 0 Å². The first-order chi connectivity index (χ1) is 12.4. The molecule has 0 atom stereocenters. The number of aromatic hydroxyl groups is 3. The van der Waals surface area contributed by atoms with Crippen LogP contribution in [-0.2, 0) is 0 Å². The highest BCUT2D eigenvalue weighted by Gasteiger charge is 2.29. The number of hydrogen-bond acceptors (Lipinski definition) is 5. The van der Waals surface area contributed by atoms with Crippen LogP contribution in [0, 0.1) is 6.92 Å². The zero-order valence-electron chi connectivity index (χ0n) is 13.9. The molecule has 0 unspecified atom stereocenters. The summed E-state index contributed by atoms with van der Waals surface area (Å²) in [5.41, 5.74) is 1.97. The molecule has 0 aliphatic heterocycles. The van der Waals surface area contributed by atoms with Gasteiger partial charge in [-0.3, -0.25) is 9.59 Å². The SMILES string of the molecule is Cc1cccc(O)c1.O=C1c2ccc(O)cc2C(=O)c2ccc(O)cc21. The second kappa shape index (κ2) is 6.72. The molecule has 3 aromatic rings. The maximum atomic E-state index is 12.2. The quantitative estimate of drug-likeness (QED) is 0.451. The average Bonchev–Trinajstić information content (AvgIpc) is 2.60. The summed E-state index contributed by atoms with van der Waals surface area (Å²) in [5.74, 6) is -0.426. The van der Waals surface area contributed by atoms with Gasteiger partial charge in [-0.1, -0.05) is 12.1 Å². The van der Waals surface area contributed by atoms with Crippen molar-refractivity contribution in [2.24, 2.45) is 0 Å². The van der Waals surface area contributed by atoms with Gasteiger partial charge in [-0.05, 0) is 61.0 Å². The lowest BCUT2D eigenvalue weighted by Gasteiger charge is -2.17. The van der Waals surface area contributed by atoms with Crippen molar-refractivity contribution >= 4 is 11.6 Å². The number of carbonyl (C=O) groups excluding carboxylic acids is 2. The predicted octanol–water partition coefficient (Wildman–Crippen LogP) is 3.57. The normalized spacial score (nSPS) is 11.9. The lowest BCUT2D eigenvalue weighted by molar-refractivity contribution is 0.0978. The van der Waals surface area contributed by atoms with E-state index in [0.29, 0.717) is 5.75 Å². The van der Waals surface area contributed by atoms with Crippen molar-refractivity contribution < 1.29 is 24.9 Å². The molecule has 130 valence electrons. The minimum absolute atomic E-state index is 0.0582. The van der Waals surface area contributed by atoms with Crippen molar-refractivity contribution in [3.63, 3.8) is 0 Å². The molecule has 0 radical (unpaired) electrons. The van der Waals surface area contributed by atoms with Crippen molar-refractivity contribution in [2.75, 3.05) is 0 Å². The number of fused-ring (bicyclic) bond motifs is 2. The molecule has 3 aromatic carbocycles. The monoisotopic (exact) mass is 348 g/mol. The van der Waals surface area contributed by atoms with Crippen LogP contribution in [0.4, 0.5) is 0 Å². The molecule has 0 bridgehead atoms. The fourth-order valence-electron chi connectivity index (χ4n) is 2.75. The molecule has 0 aromatic heterocycles. The Hall–Kier alpha value is -3.60. The predicted molar refractivity (Wildman–Crippen MR) is 95.9 cm³/mol. The van der Waals surface area contributed by atoms with Crippen molar-refractivity contribution in [1.29, 1.82) is 0 Å². The Morgan fingerprint density at radius 1 is 0.577 bits per heavy atom. The second-order valence-electron chi connectivity index (χ2n) is 5.96. The highest BCUT2D eigenvalue weighted by atomic mass is 16.3. The van der Waals surface area contributed by atoms with E-state index in [-0.39, 0.29) is 45.3 Å². The lowest BCUT2D eigenvalue weighted by atomic mass is 9.84. The molecule has 0 spiro atoms. The van der Waals surface area contributed by atoms with Crippen molar-refractivity contribution in [2.45, 2.75) is 6.92 Å². The zero-order valence-corrected chi connectivity index (χ0v) is 13.9.